The Kier molecular flexibility index (Phi) is 67.8. The number of phosphoric acid groups is 1. The van der Waals surface area contributed by atoms with E-state index in [-0.39, 0.29) is 31.5 Å². The van der Waals surface area contributed by atoms with Crippen molar-refractivity contribution in [3.8, 4) is 0 Å². The molecule has 0 bridgehead atoms. The predicted molar refractivity (Wildman–Crippen MR) is 395 cm³/mol. The van der Waals surface area contributed by atoms with E-state index in [1.54, 1.807) is 0 Å². The summed E-state index contributed by atoms with van der Waals surface area (Å²) < 4.78 is 30.5. The van der Waals surface area contributed by atoms with Crippen molar-refractivity contribution in [1.29, 1.82) is 0 Å². The third-order valence-electron chi connectivity index (χ3n) is 17.3. The molecule has 530 valence electrons. The highest BCUT2D eigenvalue weighted by Gasteiger charge is 2.27. The van der Waals surface area contributed by atoms with E-state index in [2.05, 4.69) is 99.0 Å². The Labute approximate surface area is 565 Å². The van der Waals surface area contributed by atoms with Gasteiger partial charge in [-0.05, 0) is 109 Å². The van der Waals surface area contributed by atoms with Gasteiger partial charge in [-0.25, -0.2) is 0 Å². The lowest BCUT2D eigenvalue weighted by Gasteiger charge is -2.30. The Morgan fingerprint density at radius 2 is 0.670 bits per heavy atom. The third kappa shape index (κ3) is 71.3. The van der Waals surface area contributed by atoms with Crippen molar-refractivity contribution in [2.45, 2.75) is 380 Å². The number of hydrogen-bond donors (Lipinski definition) is 1. The summed E-state index contributed by atoms with van der Waals surface area (Å²) in [5.74, 6) is -0.531. The number of carbonyl (C=O) groups excluding carboxylic acids is 2. The first-order valence-electron chi connectivity index (χ1n) is 38.9. The number of rotatable bonds is 71. The van der Waals surface area contributed by atoms with Crippen molar-refractivity contribution in [3.05, 3.63) is 85.1 Å². The summed E-state index contributed by atoms with van der Waals surface area (Å²) in [7, 11) is 1.19. The molecule has 0 fully saturated rings. The summed E-state index contributed by atoms with van der Waals surface area (Å²) in [6.45, 7) is 6.83. The van der Waals surface area contributed by atoms with Crippen LogP contribution in [-0.4, -0.2) is 69.4 Å². The Balaban J connectivity index is 4.89. The van der Waals surface area contributed by atoms with Gasteiger partial charge >= 0.3 is 5.97 Å². The molecule has 0 aromatic rings. The normalized spacial score (nSPS) is 13.9. The molecule has 0 saturated heterocycles. The van der Waals surface area contributed by atoms with Gasteiger partial charge in [0.2, 0.25) is 5.91 Å². The van der Waals surface area contributed by atoms with E-state index in [1.807, 2.05) is 33.3 Å². The van der Waals surface area contributed by atoms with Crippen molar-refractivity contribution < 1.29 is 37.3 Å². The molecule has 0 aromatic heterocycles. The number of esters is 1. The van der Waals surface area contributed by atoms with Gasteiger partial charge in [0, 0.05) is 12.8 Å². The van der Waals surface area contributed by atoms with Gasteiger partial charge in [0.25, 0.3) is 7.82 Å². The summed E-state index contributed by atoms with van der Waals surface area (Å²) in [6, 6.07) is -0.892. The first-order valence-corrected chi connectivity index (χ1v) is 40.4. The molecule has 0 aromatic carbocycles. The third-order valence-corrected chi connectivity index (χ3v) is 18.3. The Morgan fingerprint density at radius 3 is 1.02 bits per heavy atom. The zero-order valence-electron chi connectivity index (χ0n) is 60.8. The highest BCUT2D eigenvalue weighted by molar-refractivity contribution is 7.45. The molecule has 0 heterocycles. The first-order chi connectivity index (χ1) is 44.4. The number of ether oxygens (including phenoxy) is 1. The van der Waals surface area contributed by atoms with Crippen molar-refractivity contribution >= 4 is 19.7 Å². The Hall–Kier alpha value is -2.81. The topological polar surface area (TPSA) is 114 Å². The van der Waals surface area contributed by atoms with Crippen LogP contribution in [0.2, 0.25) is 0 Å². The van der Waals surface area contributed by atoms with Crippen LogP contribution < -0.4 is 10.2 Å². The van der Waals surface area contributed by atoms with Gasteiger partial charge < -0.3 is 28.5 Å². The first kappa shape index (κ1) is 88.2. The molecular formula is C81H149N2O7P. The Bertz CT molecular complexity index is 1830. The van der Waals surface area contributed by atoms with Crippen LogP contribution >= 0.6 is 7.82 Å². The van der Waals surface area contributed by atoms with Crippen LogP contribution in [0.15, 0.2) is 85.1 Å². The van der Waals surface area contributed by atoms with Crippen LogP contribution in [0.4, 0.5) is 0 Å². The molecular weight excluding hydrogens is 1140 g/mol. The van der Waals surface area contributed by atoms with Gasteiger partial charge in [-0.2, -0.15) is 0 Å². The number of nitrogens with one attached hydrogen (secondary N) is 1. The highest BCUT2D eigenvalue weighted by Crippen LogP contribution is 2.38. The average Bonchev–Trinajstić information content (AvgIpc) is 3.08. The number of likely N-dealkylation sites (N-methyl/N-ethyl adjacent to an activating group) is 1. The van der Waals surface area contributed by atoms with Crippen molar-refractivity contribution in [2.75, 3.05) is 40.9 Å². The lowest BCUT2D eigenvalue weighted by Crippen LogP contribution is -2.47. The van der Waals surface area contributed by atoms with E-state index >= 15 is 0 Å². The second kappa shape index (κ2) is 70.0. The number of carbonyl (C=O) groups is 2. The zero-order chi connectivity index (χ0) is 66.3. The Morgan fingerprint density at radius 1 is 0.385 bits per heavy atom. The molecule has 0 aliphatic heterocycles. The van der Waals surface area contributed by atoms with Crippen LogP contribution in [0.1, 0.15) is 367 Å². The molecule has 1 N–H and O–H groups in total. The van der Waals surface area contributed by atoms with Gasteiger partial charge in [-0.1, -0.05) is 331 Å². The summed E-state index contributed by atoms with van der Waals surface area (Å²) in [6.07, 6.45) is 94.4. The molecule has 0 saturated carbocycles. The van der Waals surface area contributed by atoms with Gasteiger partial charge in [0.15, 0.2) is 0 Å². The van der Waals surface area contributed by atoms with Crippen molar-refractivity contribution in [3.63, 3.8) is 0 Å². The van der Waals surface area contributed by atoms with Crippen molar-refractivity contribution in [2.24, 2.45) is 0 Å². The maximum absolute atomic E-state index is 13.6. The van der Waals surface area contributed by atoms with Crippen LogP contribution in [-0.2, 0) is 27.9 Å². The second-order valence-electron chi connectivity index (χ2n) is 27.5. The van der Waals surface area contributed by atoms with Crippen LogP contribution in [0, 0.1) is 0 Å². The fourth-order valence-electron chi connectivity index (χ4n) is 11.3. The number of quaternary nitrogens is 1. The lowest BCUT2D eigenvalue weighted by atomic mass is 10.0. The summed E-state index contributed by atoms with van der Waals surface area (Å²) in [5.41, 5.74) is 0. The summed E-state index contributed by atoms with van der Waals surface area (Å²) >= 11 is 0. The van der Waals surface area contributed by atoms with Crippen molar-refractivity contribution in [1.82, 2.24) is 5.32 Å². The average molecular weight is 1290 g/mol. The van der Waals surface area contributed by atoms with E-state index in [9.17, 15) is 19.0 Å². The lowest BCUT2D eigenvalue weighted by molar-refractivity contribution is -0.870. The monoisotopic (exact) mass is 1290 g/mol. The zero-order valence-corrected chi connectivity index (χ0v) is 61.7. The smallest absolute Gasteiger partial charge is 0.306 e. The van der Waals surface area contributed by atoms with Gasteiger partial charge in [-0.15, -0.1) is 0 Å². The van der Waals surface area contributed by atoms with E-state index in [4.69, 9.17) is 13.8 Å². The van der Waals surface area contributed by atoms with E-state index in [0.717, 1.165) is 83.5 Å². The van der Waals surface area contributed by atoms with E-state index in [0.29, 0.717) is 17.4 Å². The minimum atomic E-state index is -4.71. The van der Waals surface area contributed by atoms with E-state index in [1.165, 1.54) is 250 Å². The van der Waals surface area contributed by atoms with Gasteiger partial charge in [0.05, 0.1) is 33.8 Å². The van der Waals surface area contributed by atoms with E-state index < -0.39 is 20.0 Å². The standard InChI is InChI=1S/C81H149N2O7P/c1-7-10-13-16-19-22-25-27-29-31-33-35-37-39-41-43-45-47-49-51-53-55-58-61-64-67-70-73-80(84)82-78(77-89-91(86,87)88-76-75-83(4,5)6)79(72-69-66-63-60-57-24-21-18-15-12-9-3)90-81(85)74-71-68-65-62-59-56-54-52-50-48-46-44-42-40-38-36-34-32-30-28-26-23-20-17-14-11-8-2/h19-20,22-23,27-30,33-36,69,72,78-79H,7-18,21,24-26,31-32,37-68,70-71,73-77H2,1-6H3,(H-,82,84,86,87)/b22-19-,23-20-,29-27-,30-28-,35-33-,36-34-,72-69+. The number of amides is 1. The SMILES string of the molecule is CCCCC/C=C\C/C=C\C/C=C\CCCCCCCCCCCCCCCCC(=O)NC(COP(=O)([O-])OCC[N+](C)(C)C)C(/C=C/CCCCCCCCCCC)OC(=O)CCCCCCCCCCCCCCCC/C=C\C/C=C\C/C=C\CCCCC. The number of phosphoric ester groups is 1. The molecule has 0 rings (SSSR count). The maximum atomic E-state index is 13.6. The summed E-state index contributed by atoms with van der Waals surface area (Å²) in [5, 5.41) is 3.05. The molecule has 0 radical (unpaired) electrons. The number of unbranched alkanes of at least 4 members (excludes halogenated alkanes) is 43. The molecule has 0 aliphatic carbocycles. The highest BCUT2D eigenvalue weighted by atomic mass is 31.2. The molecule has 3 unspecified atom stereocenters. The second-order valence-corrected chi connectivity index (χ2v) is 28.9. The fourth-order valence-corrected chi connectivity index (χ4v) is 12.0. The van der Waals surface area contributed by atoms with Gasteiger partial charge in [0.1, 0.15) is 19.3 Å². The fraction of sp³-hybridized carbons (Fsp3) is 0.802. The van der Waals surface area contributed by atoms with Gasteiger partial charge in [-0.3, -0.25) is 14.2 Å². The molecule has 9 nitrogen and oxygen atoms in total. The predicted octanol–water partition coefficient (Wildman–Crippen LogP) is 24.6. The molecule has 10 heteroatoms. The molecule has 91 heavy (non-hydrogen) atoms. The number of allylic oxidation sites excluding steroid dienone is 13. The molecule has 3 atom stereocenters. The number of nitrogens with zero attached hydrogens (tertiary/aromatic N) is 1. The number of hydrogen-bond acceptors (Lipinski definition) is 7. The molecule has 0 spiro atoms. The minimum absolute atomic E-state index is 0.0235. The molecule has 1 amide bonds. The summed E-state index contributed by atoms with van der Waals surface area (Å²) in [4.78, 5) is 40.3. The maximum Gasteiger partial charge on any atom is 0.306 e. The van der Waals surface area contributed by atoms with Crippen LogP contribution in [0.25, 0.3) is 0 Å². The van der Waals surface area contributed by atoms with Crippen LogP contribution in [0.3, 0.4) is 0 Å². The largest absolute Gasteiger partial charge is 0.756 e. The van der Waals surface area contributed by atoms with Crippen LogP contribution in [0.5, 0.6) is 0 Å². The quantitative estimate of drug-likeness (QED) is 0.0212. The molecule has 0 aliphatic rings. The minimum Gasteiger partial charge on any atom is -0.756 e.